The van der Waals surface area contributed by atoms with Crippen molar-refractivity contribution in [2.75, 3.05) is 13.2 Å². The van der Waals surface area contributed by atoms with Crippen molar-refractivity contribution in [1.29, 1.82) is 0 Å². The molecule has 0 bridgehead atoms. The van der Waals surface area contributed by atoms with Gasteiger partial charge in [0, 0.05) is 12.5 Å². The van der Waals surface area contributed by atoms with Gasteiger partial charge < -0.3 is 18.9 Å². The monoisotopic (exact) mass is 596 g/mol. The predicted octanol–water partition coefficient (Wildman–Crippen LogP) is 7.70. The summed E-state index contributed by atoms with van der Waals surface area (Å²) in [6.07, 6.45) is 6.26. The van der Waals surface area contributed by atoms with Crippen LogP contribution in [0.25, 0.3) is 0 Å². The first kappa shape index (κ1) is 35.5. The quantitative estimate of drug-likeness (QED) is 0.0870. The molecular weight excluding hydrogens is 548 g/mol. The molecule has 0 spiro atoms. The second-order valence-corrected chi connectivity index (χ2v) is 10.8. The summed E-state index contributed by atoms with van der Waals surface area (Å²) in [5.74, 6) is 0.0620. The van der Waals surface area contributed by atoms with Crippen molar-refractivity contribution < 1.29 is 38.1 Å². The lowest BCUT2D eigenvalue weighted by Gasteiger charge is -2.29. The van der Waals surface area contributed by atoms with Gasteiger partial charge in [-0.3, -0.25) is 14.4 Å². The third-order valence-corrected chi connectivity index (χ3v) is 7.83. The van der Waals surface area contributed by atoms with Crippen molar-refractivity contribution in [3.8, 4) is 11.5 Å². The maximum Gasteiger partial charge on any atom is 0.339 e. The summed E-state index contributed by atoms with van der Waals surface area (Å²) >= 11 is 0. The number of benzene rings is 2. The van der Waals surface area contributed by atoms with E-state index in [1.165, 1.54) is 13.8 Å². The van der Waals surface area contributed by atoms with E-state index in [4.69, 9.17) is 18.9 Å². The third-order valence-electron chi connectivity index (χ3n) is 7.83. The van der Waals surface area contributed by atoms with Gasteiger partial charge in [0.15, 0.2) is 17.0 Å². The SMILES string of the molecule is CCCC(CC)(OC(=O)c1ccc(OCCCCCCOc2ccc(C(=O)C(CC)(CC)OC(C)=O)cc2)cc1)C(C)=O. The fraction of sp³-hybridized carbons (Fsp3) is 0.543. The maximum atomic E-state index is 13.0. The van der Waals surface area contributed by atoms with Crippen molar-refractivity contribution in [3.63, 3.8) is 0 Å². The molecule has 8 nitrogen and oxygen atoms in total. The molecule has 2 aromatic rings. The fourth-order valence-corrected chi connectivity index (χ4v) is 5.06. The molecule has 0 aliphatic carbocycles. The first-order chi connectivity index (χ1) is 20.6. The molecule has 2 aromatic carbocycles. The number of Topliss-reactive ketones (excluding diaryl/α,β-unsaturated/α-hetero) is 2. The van der Waals surface area contributed by atoms with Gasteiger partial charge in [-0.15, -0.1) is 0 Å². The van der Waals surface area contributed by atoms with Crippen LogP contribution in [0.3, 0.4) is 0 Å². The van der Waals surface area contributed by atoms with Gasteiger partial charge >= 0.3 is 11.9 Å². The minimum absolute atomic E-state index is 0.132. The molecule has 0 fully saturated rings. The molecule has 0 aromatic heterocycles. The van der Waals surface area contributed by atoms with E-state index in [-0.39, 0.29) is 11.6 Å². The Morgan fingerprint density at radius 2 is 1.07 bits per heavy atom. The Morgan fingerprint density at radius 3 is 1.47 bits per heavy atom. The van der Waals surface area contributed by atoms with Gasteiger partial charge in [0.05, 0.1) is 18.8 Å². The van der Waals surface area contributed by atoms with E-state index >= 15 is 0 Å². The second kappa shape index (κ2) is 17.4. The molecule has 0 radical (unpaired) electrons. The average molecular weight is 597 g/mol. The van der Waals surface area contributed by atoms with E-state index in [2.05, 4.69) is 0 Å². The zero-order valence-electron chi connectivity index (χ0n) is 26.7. The normalized spacial score (nSPS) is 12.6. The van der Waals surface area contributed by atoms with Crippen molar-refractivity contribution in [2.24, 2.45) is 0 Å². The topological polar surface area (TPSA) is 105 Å². The van der Waals surface area contributed by atoms with E-state index in [0.717, 1.165) is 32.1 Å². The summed E-state index contributed by atoms with van der Waals surface area (Å²) < 4.78 is 22.7. The van der Waals surface area contributed by atoms with Gasteiger partial charge in [-0.1, -0.05) is 34.1 Å². The highest BCUT2D eigenvalue weighted by molar-refractivity contribution is 6.03. The van der Waals surface area contributed by atoms with Crippen LogP contribution in [-0.4, -0.2) is 47.9 Å². The van der Waals surface area contributed by atoms with Crippen molar-refractivity contribution >= 4 is 23.5 Å². The van der Waals surface area contributed by atoms with Gasteiger partial charge in [-0.25, -0.2) is 4.79 Å². The Kier molecular flexibility index (Phi) is 14.4. The molecule has 0 saturated heterocycles. The largest absolute Gasteiger partial charge is 0.494 e. The number of rotatable bonds is 20. The third kappa shape index (κ3) is 10.2. The molecule has 43 heavy (non-hydrogen) atoms. The van der Waals surface area contributed by atoms with Crippen molar-refractivity contribution in [3.05, 3.63) is 59.7 Å². The van der Waals surface area contributed by atoms with Crippen LogP contribution in [0.1, 0.15) is 120 Å². The van der Waals surface area contributed by atoms with Gasteiger partial charge in [-0.2, -0.15) is 0 Å². The number of hydrogen-bond donors (Lipinski definition) is 0. The highest BCUT2D eigenvalue weighted by Gasteiger charge is 2.39. The van der Waals surface area contributed by atoms with Crippen molar-refractivity contribution in [1.82, 2.24) is 0 Å². The van der Waals surface area contributed by atoms with E-state index in [1.807, 2.05) is 27.7 Å². The molecule has 0 aliphatic rings. The minimum Gasteiger partial charge on any atom is -0.494 e. The smallest absolute Gasteiger partial charge is 0.339 e. The fourth-order valence-electron chi connectivity index (χ4n) is 5.06. The Bertz CT molecular complexity index is 1180. The number of carbonyl (C=O) groups is 4. The number of carbonyl (C=O) groups excluding carboxylic acids is 4. The molecule has 236 valence electrons. The Balaban J connectivity index is 1.70. The molecule has 0 aliphatic heterocycles. The first-order valence-electron chi connectivity index (χ1n) is 15.5. The molecule has 1 unspecified atom stereocenters. The molecule has 0 amide bonds. The summed E-state index contributed by atoms with van der Waals surface area (Å²) in [5, 5.41) is 0. The molecule has 8 heteroatoms. The van der Waals surface area contributed by atoms with E-state index in [0.29, 0.717) is 61.5 Å². The minimum atomic E-state index is -1.14. The Labute approximate surface area is 256 Å². The van der Waals surface area contributed by atoms with Gasteiger partial charge in [-0.05, 0) is 107 Å². The van der Waals surface area contributed by atoms with Crippen LogP contribution in [0.15, 0.2) is 48.5 Å². The van der Waals surface area contributed by atoms with Crippen LogP contribution in [0, 0.1) is 0 Å². The van der Waals surface area contributed by atoms with E-state index in [9.17, 15) is 19.2 Å². The van der Waals surface area contributed by atoms with Gasteiger partial charge in [0.2, 0.25) is 5.78 Å². The second-order valence-electron chi connectivity index (χ2n) is 10.8. The van der Waals surface area contributed by atoms with E-state index in [1.54, 1.807) is 48.5 Å². The van der Waals surface area contributed by atoms with Crippen LogP contribution >= 0.6 is 0 Å². The summed E-state index contributed by atoms with van der Waals surface area (Å²) in [7, 11) is 0. The first-order valence-corrected chi connectivity index (χ1v) is 15.5. The number of esters is 2. The van der Waals surface area contributed by atoms with Crippen LogP contribution in [0.2, 0.25) is 0 Å². The lowest BCUT2D eigenvalue weighted by molar-refractivity contribution is -0.153. The number of hydrogen-bond acceptors (Lipinski definition) is 8. The highest BCUT2D eigenvalue weighted by atomic mass is 16.6. The standard InChI is InChI=1S/C35H48O8/c1-7-23-35(10-4,26(5)36)43-33(39)29-17-21-31(22-18-29)41-25-14-12-11-13-24-40-30-19-15-28(16-20-30)32(38)34(8-2,9-3)42-27(6)37/h15-22H,7-14,23-25H2,1-6H3. The van der Waals surface area contributed by atoms with Gasteiger partial charge in [0.25, 0.3) is 0 Å². The molecule has 0 N–H and O–H groups in total. The lowest BCUT2D eigenvalue weighted by Crippen LogP contribution is -2.42. The number of unbranched alkanes of at least 4 members (excludes halogenated alkanes) is 3. The summed E-state index contributed by atoms with van der Waals surface area (Å²) in [4.78, 5) is 49.4. The van der Waals surface area contributed by atoms with Crippen LogP contribution in [-0.2, 0) is 19.1 Å². The van der Waals surface area contributed by atoms with Crippen LogP contribution in [0.4, 0.5) is 0 Å². The average Bonchev–Trinajstić information content (AvgIpc) is 3.00. The van der Waals surface area contributed by atoms with Crippen LogP contribution in [0.5, 0.6) is 11.5 Å². The Hall–Kier alpha value is -3.68. The molecule has 1 atom stereocenters. The summed E-state index contributed by atoms with van der Waals surface area (Å²) in [6, 6.07) is 13.8. The maximum absolute atomic E-state index is 13.0. The lowest BCUT2D eigenvalue weighted by atomic mass is 9.87. The van der Waals surface area contributed by atoms with E-state index < -0.39 is 23.1 Å². The molecule has 0 heterocycles. The number of ether oxygens (including phenoxy) is 4. The molecular formula is C35H48O8. The van der Waals surface area contributed by atoms with Gasteiger partial charge in [0.1, 0.15) is 11.5 Å². The van der Waals surface area contributed by atoms with Crippen molar-refractivity contribution in [2.45, 2.75) is 111 Å². The van der Waals surface area contributed by atoms with Crippen LogP contribution < -0.4 is 9.47 Å². The highest BCUT2D eigenvalue weighted by Crippen LogP contribution is 2.28. The number of ketones is 2. The molecule has 2 rings (SSSR count). The Morgan fingerprint density at radius 1 is 0.605 bits per heavy atom. The zero-order valence-corrected chi connectivity index (χ0v) is 26.7. The zero-order chi connectivity index (χ0) is 31.9. The predicted molar refractivity (Wildman–Crippen MR) is 166 cm³/mol. The summed E-state index contributed by atoms with van der Waals surface area (Å²) in [6.45, 7) is 11.4. The summed E-state index contributed by atoms with van der Waals surface area (Å²) in [5.41, 5.74) is -1.32. The molecule has 0 saturated carbocycles.